The summed E-state index contributed by atoms with van der Waals surface area (Å²) in [6.07, 6.45) is 9.49. The Balaban J connectivity index is 0.000000183. The van der Waals surface area contributed by atoms with Gasteiger partial charge >= 0.3 is 0 Å². The van der Waals surface area contributed by atoms with Crippen LogP contribution in [0.2, 0.25) is 0 Å². The number of ether oxygens (including phenoxy) is 2. The number of nitrogens with zero attached hydrogens (tertiary/aromatic N) is 3. The van der Waals surface area contributed by atoms with E-state index < -0.39 is 40.4 Å². The van der Waals surface area contributed by atoms with Crippen LogP contribution in [0.25, 0.3) is 23.3 Å². The molecule has 11 aromatic rings. The highest BCUT2D eigenvalue weighted by molar-refractivity contribution is 7.99. The second-order valence-corrected chi connectivity index (χ2v) is 35.1. The molecular formula is C88H89N5O15S6-2. The van der Waals surface area contributed by atoms with E-state index in [1.807, 2.05) is 72.8 Å². The Morgan fingerprint density at radius 2 is 0.860 bits per heavy atom. The van der Waals surface area contributed by atoms with Gasteiger partial charge in [0.15, 0.2) is 17.7 Å². The van der Waals surface area contributed by atoms with Crippen LogP contribution in [0.15, 0.2) is 209 Å². The molecule has 0 bridgehead atoms. The van der Waals surface area contributed by atoms with E-state index in [-0.39, 0.29) is 28.5 Å². The predicted molar refractivity (Wildman–Crippen MR) is 447 cm³/mol. The maximum absolute atomic E-state index is 12.4. The van der Waals surface area contributed by atoms with Crippen molar-refractivity contribution in [3.05, 3.63) is 327 Å². The number of nitrogens with one attached hydrogen (secondary N) is 2. The van der Waals surface area contributed by atoms with Gasteiger partial charge in [-0.25, -0.2) is 50.4 Å². The number of hydrogen-bond donors (Lipinski definition) is 3. The van der Waals surface area contributed by atoms with Crippen LogP contribution in [0.3, 0.4) is 0 Å². The molecule has 2 aliphatic heterocycles. The van der Waals surface area contributed by atoms with E-state index in [1.54, 1.807) is 36.4 Å². The van der Waals surface area contributed by atoms with Crippen LogP contribution in [0, 0.1) is 55.4 Å². The first-order valence-electron chi connectivity index (χ1n) is 36.7. The summed E-state index contributed by atoms with van der Waals surface area (Å²) in [5, 5.41) is 3.88. The SMILES string of the molecule is CONCCCc1nc(CCCNS(C)(=O)=O)nc(SCCCS(=O)(=O)O)n1.Cc1cccc(C)c1/C=c1\ccc2c(c1)Oc1cc(Cc3c(C)cccc3C)ccc1C=2c1ccccc1S(=O)(=O)[O-].Cc1cccc(C)c1/C=c1\ccc2c(c1)Oc1cc(Cc3c(C)cccc3C)ccc1C=2c1ccccc1S(=O)(=O)[O-].O=S. The Morgan fingerprint density at radius 3 is 1.25 bits per heavy atom. The molecule has 13 rings (SSSR count). The summed E-state index contributed by atoms with van der Waals surface area (Å²) in [5.41, 5.74) is 22.9. The van der Waals surface area contributed by atoms with Gasteiger partial charge in [0.25, 0.3) is 10.1 Å². The number of aromatic nitrogens is 3. The molecule has 0 amide bonds. The number of thioether (sulfide) groups is 1. The van der Waals surface area contributed by atoms with Crippen molar-refractivity contribution < 1.29 is 65.8 Å². The fourth-order valence-corrected chi connectivity index (χ4v) is 17.2. The van der Waals surface area contributed by atoms with Crippen molar-refractivity contribution in [3.8, 4) is 23.0 Å². The minimum Gasteiger partial charge on any atom is -0.744 e. The van der Waals surface area contributed by atoms with Gasteiger partial charge in [-0.1, -0.05) is 157 Å². The van der Waals surface area contributed by atoms with Crippen LogP contribution in [-0.4, -0.2) is 104 Å². The molecule has 2 aliphatic rings. The molecule has 26 heteroatoms. The standard InChI is InChI=1S/2C37H32O4S.C14H27N5O6S3.OS/c2*1-23-9-7-10-24(2)32(23)19-27-15-17-29-34(21-27)41-35-22-28(20-33-25(3)11-8-12-26(33)4)16-18-30(35)37(29)31-13-5-6-14-36(31)42(38,39)40;1-25-15-8-3-6-12-17-13(7-4-9-16-27(2,20)21)19-14(18-12)26-10-5-11-28(22,23)24;1-2/h2*5-19,21-22H,20H2,1-4H3,(H,38,39,40);15-16H,3-11H2,1-2H3,(H,22,23,24);/p-2/b2*27-19+;;. The van der Waals surface area contributed by atoms with Crippen LogP contribution in [0.1, 0.15) is 131 Å². The molecule has 0 saturated carbocycles. The smallest absolute Gasteiger partial charge is 0.264 e. The Morgan fingerprint density at radius 1 is 0.465 bits per heavy atom. The normalized spacial score (nSPS) is 12.6. The summed E-state index contributed by atoms with van der Waals surface area (Å²) in [6, 6.07) is 61.8. The van der Waals surface area contributed by atoms with Crippen molar-refractivity contribution in [2.24, 2.45) is 0 Å². The lowest BCUT2D eigenvalue weighted by Crippen LogP contribution is -2.23. The minimum atomic E-state index is -4.72. The number of hydroxylamine groups is 1. The molecule has 3 heterocycles. The van der Waals surface area contributed by atoms with Gasteiger partial charge in [-0.3, -0.25) is 4.55 Å². The maximum atomic E-state index is 12.4. The number of aryl methyl sites for hydroxylation is 10. The lowest BCUT2D eigenvalue weighted by atomic mass is 9.90. The van der Waals surface area contributed by atoms with Crippen molar-refractivity contribution in [1.29, 1.82) is 0 Å². The Labute approximate surface area is 677 Å². The fraction of sp³-hybridized carbons (Fsp3) is 0.239. The summed E-state index contributed by atoms with van der Waals surface area (Å²) in [6.45, 7) is 17.8. The van der Waals surface area contributed by atoms with E-state index in [9.17, 15) is 42.8 Å². The van der Waals surface area contributed by atoms with Crippen molar-refractivity contribution in [3.63, 3.8) is 0 Å². The molecule has 0 radical (unpaired) electrons. The Bertz CT molecular complexity index is 5740. The van der Waals surface area contributed by atoms with Gasteiger partial charge in [-0.15, -0.1) is 0 Å². The third-order valence-corrected chi connectivity index (χ3v) is 23.7. The van der Waals surface area contributed by atoms with Crippen LogP contribution in [-0.2, 0) is 83.4 Å². The molecule has 0 fully saturated rings. The summed E-state index contributed by atoms with van der Waals surface area (Å²) in [5.74, 6) is 3.76. The van der Waals surface area contributed by atoms with Crippen LogP contribution in [0.5, 0.6) is 23.0 Å². The number of sulfonamides is 1. The van der Waals surface area contributed by atoms with Crippen LogP contribution >= 0.6 is 11.8 Å². The number of rotatable bonds is 25. The number of benzene rings is 10. The summed E-state index contributed by atoms with van der Waals surface area (Å²) < 4.78 is 150. The van der Waals surface area contributed by atoms with Gasteiger partial charge in [-0.2, -0.15) is 12.6 Å². The lowest BCUT2D eigenvalue weighted by Gasteiger charge is -2.24. The minimum absolute atomic E-state index is 0.246. The second-order valence-electron chi connectivity index (χ2n) is 27.9. The van der Waals surface area contributed by atoms with Gasteiger partial charge in [0.1, 0.15) is 54.9 Å². The molecular weight excluding hydrogens is 1560 g/mol. The van der Waals surface area contributed by atoms with Gasteiger partial charge in [0.2, 0.25) is 10.0 Å². The molecule has 20 nitrogen and oxygen atoms in total. The Kier molecular flexibility index (Phi) is 29.3. The zero-order valence-electron chi connectivity index (χ0n) is 64.9. The van der Waals surface area contributed by atoms with Gasteiger partial charge in [-0.05, 0) is 237 Å². The first-order chi connectivity index (χ1) is 54.3. The van der Waals surface area contributed by atoms with Crippen molar-refractivity contribution in [2.45, 2.75) is 115 Å². The molecule has 1 aromatic heterocycles. The largest absolute Gasteiger partial charge is 0.744 e. The topological polar surface area (TPSA) is 310 Å². The van der Waals surface area contributed by atoms with Crippen LogP contribution < -0.4 is 40.6 Å². The molecule has 0 spiro atoms. The fourth-order valence-electron chi connectivity index (χ4n) is 13.8. The van der Waals surface area contributed by atoms with Gasteiger partial charge in [0, 0.05) is 75.5 Å². The average Bonchev–Trinajstić information content (AvgIpc) is 0.747. The highest BCUT2D eigenvalue weighted by Gasteiger charge is 2.27. The van der Waals surface area contributed by atoms with Crippen LogP contribution in [0.4, 0.5) is 0 Å². The van der Waals surface area contributed by atoms with Gasteiger partial charge < -0.3 is 23.4 Å². The van der Waals surface area contributed by atoms with E-state index in [4.69, 9.17) is 23.1 Å². The summed E-state index contributed by atoms with van der Waals surface area (Å²) >= 11 is 4.12. The van der Waals surface area contributed by atoms with Crippen molar-refractivity contribution in [1.82, 2.24) is 25.2 Å². The highest BCUT2D eigenvalue weighted by atomic mass is 32.2. The molecule has 114 heavy (non-hydrogen) atoms. The number of hydrogen-bond acceptors (Lipinski definition) is 20. The molecule has 0 saturated heterocycles. The average molecular weight is 1650 g/mol. The first kappa shape index (κ1) is 86.6. The third kappa shape index (κ3) is 22.8. The molecule has 594 valence electrons. The lowest BCUT2D eigenvalue weighted by molar-refractivity contribution is 0.0910. The van der Waals surface area contributed by atoms with E-state index in [0.29, 0.717) is 93.6 Å². The molecule has 0 aliphatic carbocycles. The second kappa shape index (κ2) is 38.6. The molecule has 3 N–H and O–H groups in total. The van der Waals surface area contributed by atoms with Crippen molar-refractivity contribution >= 4 is 88.0 Å². The van der Waals surface area contributed by atoms with E-state index >= 15 is 0 Å². The predicted octanol–water partition coefficient (Wildman–Crippen LogP) is 12.7. The van der Waals surface area contributed by atoms with Gasteiger partial charge in [0.05, 0.1) is 28.9 Å². The quantitative estimate of drug-likeness (QED) is 0.0207. The maximum Gasteiger partial charge on any atom is 0.264 e. The monoisotopic (exact) mass is 1650 g/mol. The molecule has 10 aromatic carbocycles. The van der Waals surface area contributed by atoms with E-state index in [2.05, 4.69) is 178 Å². The highest BCUT2D eigenvalue weighted by Crippen LogP contribution is 2.41. The summed E-state index contributed by atoms with van der Waals surface area (Å²) in [7, 11) is -15.1. The Hall–Kier alpha value is -9.78. The van der Waals surface area contributed by atoms with E-state index in [1.165, 1.54) is 86.6 Å². The molecule has 0 unspecified atom stereocenters. The number of fused-ring (bicyclic) bond motifs is 4. The zero-order valence-corrected chi connectivity index (χ0v) is 69.8. The first-order valence-corrected chi connectivity index (χ1v) is 44.3. The summed E-state index contributed by atoms with van der Waals surface area (Å²) in [4.78, 5) is 17.4. The zero-order chi connectivity index (χ0) is 82.2. The van der Waals surface area contributed by atoms with Crippen molar-refractivity contribution in [2.75, 3.05) is 38.0 Å². The van der Waals surface area contributed by atoms with E-state index in [0.717, 1.165) is 79.8 Å². The molecule has 0 atom stereocenters. The third-order valence-electron chi connectivity index (χ3n) is 19.5.